The van der Waals surface area contributed by atoms with Crippen LogP contribution in [0.5, 0.6) is 0 Å². The minimum absolute atomic E-state index is 0.0831. The summed E-state index contributed by atoms with van der Waals surface area (Å²) in [5.74, 6) is 0.735. The van der Waals surface area contributed by atoms with E-state index in [9.17, 15) is 9.59 Å². The van der Waals surface area contributed by atoms with Gasteiger partial charge in [-0.3, -0.25) is 9.78 Å². The van der Waals surface area contributed by atoms with Crippen molar-refractivity contribution in [2.45, 2.75) is 45.6 Å². The summed E-state index contributed by atoms with van der Waals surface area (Å²) in [4.78, 5) is 30.6. The van der Waals surface area contributed by atoms with E-state index in [2.05, 4.69) is 15.6 Å². The number of pyridine rings is 1. The lowest BCUT2D eigenvalue weighted by Gasteiger charge is -2.32. The van der Waals surface area contributed by atoms with Gasteiger partial charge in [0.2, 0.25) is 0 Å². The van der Waals surface area contributed by atoms with Gasteiger partial charge in [0.05, 0.1) is 5.56 Å². The second-order valence-corrected chi connectivity index (χ2v) is 8.59. The lowest BCUT2D eigenvalue weighted by atomic mass is 9.91. The van der Waals surface area contributed by atoms with Crippen LogP contribution >= 0.6 is 11.6 Å². The van der Waals surface area contributed by atoms with Crippen molar-refractivity contribution in [1.82, 2.24) is 20.5 Å². The van der Waals surface area contributed by atoms with Crippen LogP contribution in [0.3, 0.4) is 0 Å². The maximum Gasteiger partial charge on any atom is 0.315 e. The second-order valence-electron chi connectivity index (χ2n) is 8.16. The number of rotatable bonds is 8. The maximum atomic E-state index is 12.6. The molecule has 2 aromatic rings. The van der Waals surface area contributed by atoms with Crippen molar-refractivity contribution in [2.24, 2.45) is 5.92 Å². The highest BCUT2D eigenvalue weighted by Crippen LogP contribution is 2.23. The molecule has 166 valence electrons. The summed E-state index contributed by atoms with van der Waals surface area (Å²) >= 11 is 5.86. The molecule has 0 aliphatic carbocycles. The zero-order valence-corrected chi connectivity index (χ0v) is 18.8. The standard InChI is InChI=1S/C24H31ClN4O2/c1-18-5-8-21(17-27-18)23(30)29-14-11-19(12-15-29)4-2-3-13-26-24(31)28-16-20-6-9-22(25)10-7-20/h5-10,17,19H,2-4,11-16H2,1H3,(H2,26,28,31). The number of urea groups is 1. The Hall–Kier alpha value is -2.60. The van der Waals surface area contributed by atoms with E-state index in [-0.39, 0.29) is 11.9 Å². The number of halogens is 1. The normalized spacial score (nSPS) is 14.3. The highest BCUT2D eigenvalue weighted by molar-refractivity contribution is 6.30. The minimum Gasteiger partial charge on any atom is -0.339 e. The van der Waals surface area contributed by atoms with E-state index in [0.717, 1.165) is 56.5 Å². The van der Waals surface area contributed by atoms with Crippen molar-refractivity contribution in [2.75, 3.05) is 19.6 Å². The van der Waals surface area contributed by atoms with E-state index in [0.29, 0.717) is 29.6 Å². The quantitative estimate of drug-likeness (QED) is 0.588. The highest BCUT2D eigenvalue weighted by Gasteiger charge is 2.23. The van der Waals surface area contributed by atoms with Gasteiger partial charge in [0.25, 0.3) is 5.91 Å². The van der Waals surface area contributed by atoms with Crippen LogP contribution < -0.4 is 10.6 Å². The van der Waals surface area contributed by atoms with Crippen molar-refractivity contribution in [3.8, 4) is 0 Å². The fraction of sp³-hybridized carbons (Fsp3) is 0.458. The predicted octanol–water partition coefficient (Wildman–Crippen LogP) is 4.57. The summed E-state index contributed by atoms with van der Waals surface area (Å²) in [6.45, 7) is 4.69. The lowest BCUT2D eigenvalue weighted by molar-refractivity contribution is 0.0685. The predicted molar refractivity (Wildman–Crippen MR) is 123 cm³/mol. The maximum absolute atomic E-state index is 12.6. The van der Waals surface area contributed by atoms with Crippen LogP contribution in [-0.4, -0.2) is 41.5 Å². The van der Waals surface area contributed by atoms with Crippen LogP contribution in [0.1, 0.15) is 53.7 Å². The first-order valence-corrected chi connectivity index (χ1v) is 11.4. The average Bonchev–Trinajstić information content (AvgIpc) is 2.79. The molecule has 2 heterocycles. The number of amides is 3. The molecule has 7 heteroatoms. The van der Waals surface area contributed by atoms with E-state index in [1.807, 2.05) is 48.2 Å². The van der Waals surface area contributed by atoms with Crippen molar-refractivity contribution in [3.63, 3.8) is 0 Å². The largest absolute Gasteiger partial charge is 0.339 e. The average molecular weight is 443 g/mol. The molecule has 0 atom stereocenters. The first kappa shape index (κ1) is 23.1. The van der Waals surface area contributed by atoms with Crippen LogP contribution in [0.25, 0.3) is 0 Å². The fourth-order valence-corrected chi connectivity index (χ4v) is 3.93. The molecule has 1 aromatic heterocycles. The van der Waals surface area contributed by atoms with Gasteiger partial charge in [-0.2, -0.15) is 0 Å². The van der Waals surface area contributed by atoms with Gasteiger partial charge in [0, 0.05) is 43.1 Å². The van der Waals surface area contributed by atoms with Crippen molar-refractivity contribution in [3.05, 3.63) is 64.4 Å². The van der Waals surface area contributed by atoms with E-state index >= 15 is 0 Å². The second kappa shape index (κ2) is 11.7. The smallest absolute Gasteiger partial charge is 0.315 e. The van der Waals surface area contributed by atoms with E-state index in [1.165, 1.54) is 0 Å². The van der Waals surface area contributed by atoms with E-state index in [4.69, 9.17) is 11.6 Å². The van der Waals surface area contributed by atoms with Crippen LogP contribution in [-0.2, 0) is 6.54 Å². The first-order chi connectivity index (χ1) is 15.0. The summed E-state index contributed by atoms with van der Waals surface area (Å²) in [5.41, 5.74) is 2.61. The zero-order valence-electron chi connectivity index (χ0n) is 18.1. The Labute approximate surface area is 189 Å². The van der Waals surface area contributed by atoms with Gasteiger partial charge < -0.3 is 15.5 Å². The SMILES string of the molecule is Cc1ccc(C(=O)N2CCC(CCCCNC(=O)NCc3ccc(Cl)cc3)CC2)cn1. The molecule has 1 aliphatic rings. The molecule has 1 saturated heterocycles. The number of carbonyl (C=O) groups is 2. The Morgan fingerprint density at radius 1 is 1.06 bits per heavy atom. The van der Waals surface area contributed by atoms with Crippen molar-refractivity contribution >= 4 is 23.5 Å². The number of carbonyl (C=O) groups excluding carboxylic acids is 2. The number of aryl methyl sites for hydroxylation is 1. The molecule has 1 aliphatic heterocycles. The van der Waals surface area contributed by atoms with Crippen LogP contribution in [0, 0.1) is 12.8 Å². The molecule has 3 amide bonds. The number of piperidine rings is 1. The van der Waals surface area contributed by atoms with E-state index < -0.39 is 0 Å². The number of aromatic nitrogens is 1. The number of hydrogen-bond donors (Lipinski definition) is 2. The Balaban J connectivity index is 1.25. The van der Waals surface area contributed by atoms with Gasteiger partial charge in [-0.15, -0.1) is 0 Å². The summed E-state index contributed by atoms with van der Waals surface area (Å²) in [6, 6.07) is 11.0. The van der Waals surface area contributed by atoms with Gasteiger partial charge in [-0.05, 0) is 61.9 Å². The highest BCUT2D eigenvalue weighted by atomic mass is 35.5. The molecule has 31 heavy (non-hydrogen) atoms. The molecule has 0 saturated carbocycles. The van der Waals surface area contributed by atoms with Crippen LogP contribution in [0.2, 0.25) is 5.02 Å². The van der Waals surface area contributed by atoms with Crippen molar-refractivity contribution < 1.29 is 9.59 Å². The van der Waals surface area contributed by atoms with Gasteiger partial charge >= 0.3 is 6.03 Å². The fourth-order valence-electron chi connectivity index (χ4n) is 3.81. The molecule has 1 fully saturated rings. The molecule has 0 radical (unpaired) electrons. The Bertz CT molecular complexity index is 847. The van der Waals surface area contributed by atoms with Crippen molar-refractivity contribution in [1.29, 1.82) is 0 Å². The van der Waals surface area contributed by atoms with Gasteiger partial charge in [-0.1, -0.05) is 36.6 Å². The van der Waals surface area contributed by atoms with E-state index in [1.54, 1.807) is 6.20 Å². The molecule has 1 aromatic carbocycles. The summed E-state index contributed by atoms with van der Waals surface area (Å²) in [5, 5.41) is 6.46. The minimum atomic E-state index is -0.146. The third-order valence-corrected chi connectivity index (χ3v) is 6.00. The molecule has 0 unspecified atom stereocenters. The van der Waals surface area contributed by atoms with Gasteiger partial charge in [0.1, 0.15) is 0 Å². The topological polar surface area (TPSA) is 74.3 Å². The van der Waals surface area contributed by atoms with Crippen LogP contribution in [0.4, 0.5) is 4.79 Å². The molecule has 3 rings (SSSR count). The molecule has 2 N–H and O–H groups in total. The third kappa shape index (κ3) is 7.55. The monoisotopic (exact) mass is 442 g/mol. The number of nitrogens with one attached hydrogen (secondary N) is 2. The third-order valence-electron chi connectivity index (χ3n) is 5.75. The number of unbranched alkanes of at least 4 members (excludes halogenated alkanes) is 1. The summed E-state index contributed by atoms with van der Waals surface area (Å²) < 4.78 is 0. The lowest BCUT2D eigenvalue weighted by Crippen LogP contribution is -2.38. The molecule has 0 spiro atoms. The molecular formula is C24H31ClN4O2. The number of likely N-dealkylation sites (tertiary alicyclic amines) is 1. The molecule has 6 nitrogen and oxygen atoms in total. The van der Waals surface area contributed by atoms with Crippen LogP contribution in [0.15, 0.2) is 42.6 Å². The van der Waals surface area contributed by atoms with Gasteiger partial charge in [-0.25, -0.2) is 4.79 Å². The number of hydrogen-bond acceptors (Lipinski definition) is 3. The first-order valence-electron chi connectivity index (χ1n) is 11.0. The Morgan fingerprint density at radius 3 is 2.48 bits per heavy atom. The zero-order chi connectivity index (χ0) is 22.1. The Morgan fingerprint density at radius 2 is 1.81 bits per heavy atom. The number of nitrogens with zero attached hydrogens (tertiary/aromatic N) is 2. The Kier molecular flexibility index (Phi) is 8.71. The van der Waals surface area contributed by atoms with Gasteiger partial charge in [0.15, 0.2) is 0 Å². The molecule has 0 bridgehead atoms. The number of benzene rings is 1. The molecular weight excluding hydrogens is 412 g/mol. The summed E-state index contributed by atoms with van der Waals surface area (Å²) in [7, 11) is 0. The summed E-state index contributed by atoms with van der Waals surface area (Å²) in [6.07, 6.45) is 6.94.